The quantitative estimate of drug-likeness (QED) is 0.835. The fourth-order valence-electron chi connectivity index (χ4n) is 2.66. The van der Waals surface area contributed by atoms with E-state index in [0.29, 0.717) is 18.9 Å². The van der Waals surface area contributed by atoms with Crippen LogP contribution in [0.15, 0.2) is 60.7 Å². The predicted molar refractivity (Wildman–Crippen MR) is 84.0 cm³/mol. The van der Waals surface area contributed by atoms with Gasteiger partial charge in [0, 0.05) is 6.42 Å². The number of hydrogen-bond donors (Lipinski definition) is 0. The third-order valence-electron chi connectivity index (χ3n) is 3.77. The first-order valence-corrected chi connectivity index (χ1v) is 7.24. The van der Waals surface area contributed by atoms with Crippen LogP contribution in [-0.4, -0.2) is 5.78 Å². The van der Waals surface area contributed by atoms with Gasteiger partial charge < -0.3 is 4.74 Å². The van der Waals surface area contributed by atoms with Crippen molar-refractivity contribution in [1.82, 2.24) is 0 Å². The number of ether oxygens (including phenoxy) is 1. The molecule has 0 spiro atoms. The van der Waals surface area contributed by atoms with Gasteiger partial charge in [-0.2, -0.15) is 0 Å². The van der Waals surface area contributed by atoms with Crippen LogP contribution in [0.2, 0.25) is 0 Å². The van der Waals surface area contributed by atoms with Crippen molar-refractivity contribution in [3.05, 3.63) is 71.8 Å². The zero-order valence-corrected chi connectivity index (χ0v) is 12.1. The zero-order chi connectivity index (χ0) is 14.7. The van der Waals surface area contributed by atoms with E-state index in [9.17, 15) is 4.79 Å². The second-order valence-corrected chi connectivity index (χ2v) is 5.47. The Morgan fingerprint density at radius 1 is 1.10 bits per heavy atom. The Morgan fingerprint density at radius 2 is 1.90 bits per heavy atom. The predicted octanol–water partition coefficient (Wildman–Crippen LogP) is 4.26. The molecule has 0 saturated carbocycles. The van der Waals surface area contributed by atoms with Crippen molar-refractivity contribution < 1.29 is 9.53 Å². The van der Waals surface area contributed by atoms with Gasteiger partial charge in [0.2, 0.25) is 0 Å². The summed E-state index contributed by atoms with van der Waals surface area (Å²) in [4.78, 5) is 11.5. The molecule has 0 fully saturated rings. The molecule has 0 saturated heterocycles. The minimum atomic E-state index is 0.216. The standard InChI is InChI=1S/C19H18O2/c1-14-10-17(20)12-19(14)16-8-5-9-18(11-16)21-13-15-6-3-2-4-7-15/h2-9,11-12,14H,10,13H2,1H3. The van der Waals surface area contributed by atoms with Crippen molar-refractivity contribution in [2.24, 2.45) is 5.92 Å². The van der Waals surface area contributed by atoms with Gasteiger partial charge in [-0.3, -0.25) is 4.79 Å². The van der Waals surface area contributed by atoms with E-state index in [-0.39, 0.29) is 5.78 Å². The molecule has 1 atom stereocenters. The average molecular weight is 278 g/mol. The maximum atomic E-state index is 11.5. The van der Waals surface area contributed by atoms with E-state index in [1.165, 1.54) is 0 Å². The largest absolute Gasteiger partial charge is 0.489 e. The normalized spacial score (nSPS) is 17.7. The fraction of sp³-hybridized carbons (Fsp3) is 0.211. The smallest absolute Gasteiger partial charge is 0.156 e. The van der Waals surface area contributed by atoms with Gasteiger partial charge in [0.15, 0.2) is 5.78 Å². The summed E-state index contributed by atoms with van der Waals surface area (Å²) in [7, 11) is 0. The molecule has 2 aromatic rings. The Balaban J connectivity index is 1.75. The molecule has 0 aliphatic heterocycles. The van der Waals surface area contributed by atoms with E-state index in [1.54, 1.807) is 6.08 Å². The summed E-state index contributed by atoms with van der Waals surface area (Å²) >= 11 is 0. The molecule has 106 valence electrons. The van der Waals surface area contributed by atoms with Crippen LogP contribution in [0, 0.1) is 5.92 Å². The van der Waals surface area contributed by atoms with Crippen molar-refractivity contribution >= 4 is 11.4 Å². The second kappa shape index (κ2) is 5.96. The molecule has 1 aliphatic rings. The Bertz CT molecular complexity index is 671. The summed E-state index contributed by atoms with van der Waals surface area (Å²) in [6, 6.07) is 18.1. The highest BCUT2D eigenvalue weighted by atomic mass is 16.5. The Labute approximate surface area is 125 Å². The van der Waals surface area contributed by atoms with Crippen molar-refractivity contribution in [3.8, 4) is 5.75 Å². The number of ketones is 1. The molecule has 0 radical (unpaired) electrons. The maximum absolute atomic E-state index is 11.5. The molecule has 21 heavy (non-hydrogen) atoms. The summed E-state index contributed by atoms with van der Waals surface area (Å²) in [6.45, 7) is 2.64. The molecule has 1 unspecified atom stereocenters. The zero-order valence-electron chi connectivity index (χ0n) is 12.1. The molecule has 0 N–H and O–H groups in total. The molecular formula is C19H18O2. The molecule has 0 bridgehead atoms. The van der Waals surface area contributed by atoms with Gasteiger partial charge in [0.25, 0.3) is 0 Å². The lowest BCUT2D eigenvalue weighted by molar-refractivity contribution is -0.114. The minimum Gasteiger partial charge on any atom is -0.489 e. The number of carbonyl (C=O) groups is 1. The lowest BCUT2D eigenvalue weighted by atomic mass is 9.97. The van der Waals surface area contributed by atoms with E-state index in [0.717, 1.165) is 22.4 Å². The molecule has 2 aromatic carbocycles. The van der Waals surface area contributed by atoms with Gasteiger partial charge in [-0.05, 0) is 40.8 Å². The summed E-state index contributed by atoms with van der Waals surface area (Å²) < 4.78 is 5.84. The fourth-order valence-corrected chi connectivity index (χ4v) is 2.66. The highest BCUT2D eigenvalue weighted by molar-refractivity contribution is 6.02. The third kappa shape index (κ3) is 3.22. The summed E-state index contributed by atoms with van der Waals surface area (Å²) in [5.74, 6) is 1.35. The summed E-state index contributed by atoms with van der Waals surface area (Å²) in [5, 5.41) is 0. The van der Waals surface area contributed by atoms with Crippen LogP contribution in [0.25, 0.3) is 5.57 Å². The van der Waals surface area contributed by atoms with Gasteiger partial charge in [0.1, 0.15) is 12.4 Å². The average Bonchev–Trinajstić information content (AvgIpc) is 2.85. The van der Waals surface area contributed by atoms with E-state index in [1.807, 2.05) is 54.6 Å². The van der Waals surface area contributed by atoms with Crippen LogP contribution in [0.4, 0.5) is 0 Å². The van der Waals surface area contributed by atoms with Gasteiger partial charge in [-0.1, -0.05) is 49.4 Å². The van der Waals surface area contributed by atoms with Crippen LogP contribution in [0.1, 0.15) is 24.5 Å². The van der Waals surface area contributed by atoms with E-state index in [2.05, 4.69) is 6.92 Å². The first-order chi connectivity index (χ1) is 10.2. The third-order valence-corrected chi connectivity index (χ3v) is 3.77. The van der Waals surface area contributed by atoms with Crippen molar-refractivity contribution in [2.75, 3.05) is 0 Å². The SMILES string of the molecule is CC1CC(=O)C=C1c1cccc(OCc2ccccc2)c1. The molecule has 2 heteroatoms. The molecule has 0 amide bonds. The van der Waals surface area contributed by atoms with Gasteiger partial charge in [-0.25, -0.2) is 0 Å². The number of carbonyl (C=O) groups excluding carboxylic acids is 1. The van der Waals surface area contributed by atoms with Crippen LogP contribution in [0.3, 0.4) is 0 Å². The second-order valence-electron chi connectivity index (χ2n) is 5.47. The summed E-state index contributed by atoms with van der Waals surface area (Å²) in [5.41, 5.74) is 3.34. The van der Waals surface area contributed by atoms with Crippen molar-refractivity contribution in [3.63, 3.8) is 0 Å². The number of benzene rings is 2. The highest BCUT2D eigenvalue weighted by Crippen LogP contribution is 2.33. The van der Waals surface area contributed by atoms with E-state index in [4.69, 9.17) is 4.74 Å². The van der Waals surface area contributed by atoms with Crippen molar-refractivity contribution in [1.29, 1.82) is 0 Å². The summed E-state index contributed by atoms with van der Waals surface area (Å²) in [6.07, 6.45) is 2.38. The van der Waals surface area contributed by atoms with E-state index >= 15 is 0 Å². The number of allylic oxidation sites excluding steroid dienone is 2. The monoisotopic (exact) mass is 278 g/mol. The molecule has 0 heterocycles. The maximum Gasteiger partial charge on any atom is 0.156 e. The van der Waals surface area contributed by atoms with Crippen LogP contribution in [0.5, 0.6) is 5.75 Å². The highest BCUT2D eigenvalue weighted by Gasteiger charge is 2.21. The van der Waals surface area contributed by atoms with Gasteiger partial charge in [-0.15, -0.1) is 0 Å². The molecule has 2 nitrogen and oxygen atoms in total. The van der Waals surface area contributed by atoms with E-state index < -0.39 is 0 Å². The molecule has 0 aromatic heterocycles. The Hall–Kier alpha value is -2.35. The first-order valence-electron chi connectivity index (χ1n) is 7.24. The van der Waals surface area contributed by atoms with Crippen molar-refractivity contribution in [2.45, 2.75) is 20.0 Å². The lowest BCUT2D eigenvalue weighted by Crippen LogP contribution is -1.97. The Kier molecular flexibility index (Phi) is 3.87. The number of hydrogen-bond acceptors (Lipinski definition) is 2. The first kappa shape index (κ1) is 13.6. The lowest BCUT2D eigenvalue weighted by Gasteiger charge is -2.11. The van der Waals surface area contributed by atoms with Crippen LogP contribution < -0.4 is 4.74 Å². The topological polar surface area (TPSA) is 26.3 Å². The molecular weight excluding hydrogens is 260 g/mol. The number of rotatable bonds is 4. The van der Waals surface area contributed by atoms with Gasteiger partial charge in [0.05, 0.1) is 0 Å². The Morgan fingerprint density at radius 3 is 2.62 bits per heavy atom. The minimum absolute atomic E-state index is 0.216. The molecule has 1 aliphatic carbocycles. The van der Waals surface area contributed by atoms with Crippen LogP contribution >= 0.6 is 0 Å². The van der Waals surface area contributed by atoms with Gasteiger partial charge >= 0.3 is 0 Å². The van der Waals surface area contributed by atoms with Crippen LogP contribution in [-0.2, 0) is 11.4 Å². The molecule has 3 rings (SSSR count).